The molecule has 0 aliphatic heterocycles. The lowest BCUT2D eigenvalue weighted by molar-refractivity contribution is 0.202. The molecule has 0 saturated heterocycles. The maximum Gasteiger partial charge on any atom is 0.0596 e. The van der Waals surface area contributed by atoms with Crippen LogP contribution < -0.4 is 5.32 Å². The quantitative estimate of drug-likeness (QED) is 0.776. The summed E-state index contributed by atoms with van der Waals surface area (Å²) in [6.45, 7) is 14.5. The topological polar surface area (TPSA) is 29.9 Å². The third-order valence-corrected chi connectivity index (χ3v) is 4.46. The van der Waals surface area contributed by atoms with Crippen LogP contribution in [0.4, 0.5) is 0 Å². The smallest absolute Gasteiger partial charge is 0.0596 e. The van der Waals surface area contributed by atoms with Gasteiger partial charge in [-0.15, -0.1) is 0 Å². The molecular formula is C18H35N3. The third kappa shape index (κ3) is 5.82. The first kappa shape index (κ1) is 18.2. The van der Waals surface area contributed by atoms with E-state index in [1.807, 2.05) is 0 Å². The summed E-state index contributed by atoms with van der Waals surface area (Å²) in [4.78, 5) is 0. The molecule has 0 spiro atoms. The van der Waals surface area contributed by atoms with E-state index < -0.39 is 0 Å². The zero-order chi connectivity index (χ0) is 16.1. The molecule has 0 bridgehead atoms. The van der Waals surface area contributed by atoms with Crippen LogP contribution in [0.2, 0.25) is 0 Å². The SMILES string of the molecule is CCCCC(CC)(CNC(C)(C)C)Cc1cc(C)nn1C. The van der Waals surface area contributed by atoms with Gasteiger partial charge >= 0.3 is 0 Å². The van der Waals surface area contributed by atoms with Crippen molar-refractivity contribution in [2.75, 3.05) is 6.54 Å². The van der Waals surface area contributed by atoms with E-state index in [9.17, 15) is 0 Å². The van der Waals surface area contributed by atoms with Crippen LogP contribution in [0.25, 0.3) is 0 Å². The standard InChI is InChI=1S/C18H35N3/c1-8-10-11-18(9-2,14-19-17(4,5)6)13-16-12-15(3)20-21(16)7/h12,19H,8-11,13-14H2,1-7H3. The molecule has 0 radical (unpaired) electrons. The van der Waals surface area contributed by atoms with Crippen LogP contribution >= 0.6 is 0 Å². The highest BCUT2D eigenvalue weighted by molar-refractivity contribution is 5.11. The van der Waals surface area contributed by atoms with E-state index in [2.05, 4.69) is 69.8 Å². The first-order chi connectivity index (χ1) is 9.71. The van der Waals surface area contributed by atoms with Crippen molar-refractivity contribution in [1.82, 2.24) is 15.1 Å². The molecule has 1 N–H and O–H groups in total. The van der Waals surface area contributed by atoms with Crippen LogP contribution in [0.3, 0.4) is 0 Å². The van der Waals surface area contributed by atoms with Crippen molar-refractivity contribution in [1.29, 1.82) is 0 Å². The Kier molecular flexibility index (Phi) is 6.45. The molecule has 0 saturated carbocycles. The van der Waals surface area contributed by atoms with E-state index in [1.54, 1.807) is 0 Å². The van der Waals surface area contributed by atoms with Crippen LogP contribution in [0, 0.1) is 12.3 Å². The Labute approximate surface area is 131 Å². The fraction of sp³-hybridized carbons (Fsp3) is 0.833. The second-order valence-corrected chi connectivity index (χ2v) is 7.64. The van der Waals surface area contributed by atoms with Gasteiger partial charge in [0.05, 0.1) is 5.69 Å². The van der Waals surface area contributed by atoms with Crippen molar-refractivity contribution >= 4 is 0 Å². The minimum absolute atomic E-state index is 0.176. The van der Waals surface area contributed by atoms with Crippen LogP contribution in [0.5, 0.6) is 0 Å². The Bertz CT molecular complexity index is 428. The maximum atomic E-state index is 4.51. The summed E-state index contributed by atoms with van der Waals surface area (Å²) >= 11 is 0. The number of rotatable bonds is 8. The summed E-state index contributed by atoms with van der Waals surface area (Å²) in [5.41, 5.74) is 3.00. The van der Waals surface area contributed by atoms with Gasteiger partial charge in [0.1, 0.15) is 0 Å². The fourth-order valence-electron chi connectivity index (χ4n) is 2.88. The average Bonchev–Trinajstić information content (AvgIpc) is 2.70. The number of aryl methyl sites for hydroxylation is 2. The second kappa shape index (κ2) is 7.44. The van der Waals surface area contributed by atoms with Gasteiger partial charge in [-0.3, -0.25) is 4.68 Å². The Morgan fingerprint density at radius 1 is 1.24 bits per heavy atom. The predicted octanol–water partition coefficient (Wildman–Crippen LogP) is 4.25. The van der Waals surface area contributed by atoms with Gasteiger partial charge in [-0.1, -0.05) is 26.7 Å². The van der Waals surface area contributed by atoms with Gasteiger partial charge in [0.15, 0.2) is 0 Å². The zero-order valence-corrected chi connectivity index (χ0v) is 15.2. The maximum absolute atomic E-state index is 4.51. The molecule has 0 fully saturated rings. The molecule has 1 unspecified atom stereocenters. The Hall–Kier alpha value is -0.830. The number of nitrogens with zero attached hydrogens (tertiary/aromatic N) is 2. The molecular weight excluding hydrogens is 258 g/mol. The van der Waals surface area contributed by atoms with Gasteiger partial charge in [-0.25, -0.2) is 0 Å². The molecule has 0 aromatic carbocycles. The lowest BCUT2D eigenvalue weighted by Gasteiger charge is -2.36. The summed E-state index contributed by atoms with van der Waals surface area (Å²) in [5, 5.41) is 8.25. The molecule has 1 rings (SSSR count). The second-order valence-electron chi connectivity index (χ2n) is 7.64. The molecule has 1 atom stereocenters. The number of hydrogen-bond acceptors (Lipinski definition) is 2. The first-order valence-electron chi connectivity index (χ1n) is 8.46. The minimum atomic E-state index is 0.176. The van der Waals surface area contributed by atoms with E-state index in [1.165, 1.54) is 31.4 Å². The van der Waals surface area contributed by atoms with E-state index >= 15 is 0 Å². The highest BCUT2D eigenvalue weighted by Crippen LogP contribution is 2.33. The van der Waals surface area contributed by atoms with Crippen molar-refractivity contribution in [3.8, 4) is 0 Å². The summed E-state index contributed by atoms with van der Waals surface area (Å²) in [7, 11) is 2.07. The van der Waals surface area contributed by atoms with Gasteiger partial charge in [0.25, 0.3) is 0 Å². The van der Waals surface area contributed by atoms with Crippen molar-refractivity contribution < 1.29 is 0 Å². The number of aromatic nitrogens is 2. The predicted molar refractivity (Wildman–Crippen MR) is 91.7 cm³/mol. The Balaban J connectivity index is 2.90. The van der Waals surface area contributed by atoms with Crippen LogP contribution in [-0.4, -0.2) is 21.9 Å². The minimum Gasteiger partial charge on any atom is -0.312 e. The summed E-state index contributed by atoms with van der Waals surface area (Å²) in [6, 6.07) is 2.24. The molecule has 3 heteroatoms. The van der Waals surface area contributed by atoms with Crippen LogP contribution in [0.1, 0.15) is 71.7 Å². The van der Waals surface area contributed by atoms with Crippen molar-refractivity contribution in [3.63, 3.8) is 0 Å². The molecule has 0 aliphatic carbocycles. The van der Waals surface area contributed by atoms with E-state index in [4.69, 9.17) is 0 Å². The monoisotopic (exact) mass is 293 g/mol. The van der Waals surface area contributed by atoms with Gasteiger partial charge in [0, 0.05) is 24.8 Å². The van der Waals surface area contributed by atoms with Crippen molar-refractivity contribution in [2.45, 2.75) is 79.2 Å². The highest BCUT2D eigenvalue weighted by atomic mass is 15.3. The number of nitrogens with one attached hydrogen (secondary N) is 1. The number of hydrogen-bond donors (Lipinski definition) is 1. The average molecular weight is 293 g/mol. The van der Waals surface area contributed by atoms with Gasteiger partial charge < -0.3 is 5.32 Å². The number of unbranched alkanes of at least 4 members (excludes halogenated alkanes) is 1. The van der Waals surface area contributed by atoms with Crippen molar-refractivity contribution in [2.24, 2.45) is 12.5 Å². The Morgan fingerprint density at radius 3 is 2.33 bits per heavy atom. The molecule has 3 nitrogen and oxygen atoms in total. The van der Waals surface area contributed by atoms with Gasteiger partial charge in [-0.05, 0) is 58.4 Å². The van der Waals surface area contributed by atoms with E-state index in [-0.39, 0.29) is 5.54 Å². The van der Waals surface area contributed by atoms with Gasteiger partial charge in [-0.2, -0.15) is 5.10 Å². The molecule has 1 aromatic heterocycles. The van der Waals surface area contributed by atoms with Crippen LogP contribution in [-0.2, 0) is 13.5 Å². The van der Waals surface area contributed by atoms with Gasteiger partial charge in [0.2, 0.25) is 0 Å². The molecule has 1 heterocycles. The fourth-order valence-corrected chi connectivity index (χ4v) is 2.88. The van der Waals surface area contributed by atoms with Crippen molar-refractivity contribution in [3.05, 3.63) is 17.5 Å². The normalized spacial score (nSPS) is 15.2. The first-order valence-corrected chi connectivity index (χ1v) is 8.46. The van der Waals surface area contributed by atoms with E-state index in [0.717, 1.165) is 18.7 Å². The highest BCUT2D eigenvalue weighted by Gasteiger charge is 2.30. The molecule has 1 aromatic rings. The summed E-state index contributed by atoms with van der Waals surface area (Å²) < 4.78 is 2.06. The zero-order valence-electron chi connectivity index (χ0n) is 15.2. The summed E-state index contributed by atoms with van der Waals surface area (Å²) in [6.07, 6.45) is 6.18. The Morgan fingerprint density at radius 2 is 1.90 bits per heavy atom. The summed E-state index contributed by atoms with van der Waals surface area (Å²) in [5.74, 6) is 0. The lowest BCUT2D eigenvalue weighted by Crippen LogP contribution is -2.45. The molecule has 0 aliphatic rings. The molecule has 0 amide bonds. The van der Waals surface area contributed by atoms with E-state index in [0.29, 0.717) is 5.41 Å². The molecule has 21 heavy (non-hydrogen) atoms. The largest absolute Gasteiger partial charge is 0.312 e. The lowest BCUT2D eigenvalue weighted by atomic mass is 9.75. The van der Waals surface area contributed by atoms with Crippen LogP contribution in [0.15, 0.2) is 6.07 Å². The molecule has 122 valence electrons. The third-order valence-electron chi connectivity index (χ3n) is 4.46.